The smallest absolute Gasteiger partial charge is 0.247 e. The van der Waals surface area contributed by atoms with Crippen molar-refractivity contribution in [1.29, 1.82) is 0 Å². The van der Waals surface area contributed by atoms with E-state index < -0.39 is 10.0 Å². The second kappa shape index (κ2) is 6.04. The van der Waals surface area contributed by atoms with Gasteiger partial charge < -0.3 is 0 Å². The first kappa shape index (κ1) is 16.1. The maximum absolute atomic E-state index is 12.5. The molecule has 2 aromatic heterocycles. The van der Waals surface area contributed by atoms with E-state index in [1.165, 1.54) is 17.1 Å². The summed E-state index contributed by atoms with van der Waals surface area (Å²) in [6, 6.07) is 9.39. The summed E-state index contributed by atoms with van der Waals surface area (Å²) in [5.41, 5.74) is 3.28. The summed E-state index contributed by atoms with van der Waals surface area (Å²) < 4.78 is 28.9. The fraction of sp³-hybridized carbons (Fsp3) is 0.188. The van der Waals surface area contributed by atoms with E-state index in [2.05, 4.69) is 19.8 Å². The highest BCUT2D eigenvalue weighted by Gasteiger charge is 2.18. The Kier molecular flexibility index (Phi) is 4.06. The van der Waals surface area contributed by atoms with Crippen LogP contribution in [0.4, 0.5) is 5.95 Å². The van der Waals surface area contributed by atoms with Crippen molar-refractivity contribution in [2.75, 3.05) is 4.72 Å². The number of hydrogen-bond acceptors (Lipinski definition) is 5. The molecular formula is C16H17N5O2S. The van der Waals surface area contributed by atoms with Crippen molar-refractivity contribution >= 4 is 16.0 Å². The minimum Gasteiger partial charge on any atom is -0.247 e. The minimum atomic E-state index is -3.80. The third-order valence-corrected chi connectivity index (χ3v) is 4.66. The van der Waals surface area contributed by atoms with Gasteiger partial charge in [-0.15, -0.1) is 0 Å². The SMILES string of the molecule is Cc1ccc(-n2cc(S(=O)(=O)Nc3nc(C)cc(C)n3)cn2)cc1. The summed E-state index contributed by atoms with van der Waals surface area (Å²) in [6.07, 6.45) is 2.75. The predicted octanol–water partition coefficient (Wildman–Crippen LogP) is 2.39. The van der Waals surface area contributed by atoms with E-state index in [1.54, 1.807) is 19.9 Å². The van der Waals surface area contributed by atoms with Crippen LogP contribution in [0.3, 0.4) is 0 Å². The first-order valence-corrected chi connectivity index (χ1v) is 8.79. The Morgan fingerprint density at radius 1 is 1.00 bits per heavy atom. The van der Waals surface area contributed by atoms with Crippen molar-refractivity contribution < 1.29 is 8.42 Å². The van der Waals surface area contributed by atoms with Crippen molar-refractivity contribution in [2.45, 2.75) is 25.7 Å². The van der Waals surface area contributed by atoms with E-state index >= 15 is 0 Å². The van der Waals surface area contributed by atoms with Gasteiger partial charge in [-0.1, -0.05) is 17.7 Å². The van der Waals surface area contributed by atoms with E-state index in [0.717, 1.165) is 11.3 Å². The lowest BCUT2D eigenvalue weighted by atomic mass is 10.2. The molecule has 0 fully saturated rings. The van der Waals surface area contributed by atoms with Crippen molar-refractivity contribution in [1.82, 2.24) is 19.7 Å². The molecule has 0 saturated carbocycles. The van der Waals surface area contributed by atoms with Crippen molar-refractivity contribution in [3.63, 3.8) is 0 Å². The van der Waals surface area contributed by atoms with E-state index in [9.17, 15) is 8.42 Å². The predicted molar refractivity (Wildman–Crippen MR) is 90.6 cm³/mol. The van der Waals surface area contributed by atoms with Gasteiger partial charge in [-0.3, -0.25) is 0 Å². The zero-order valence-electron chi connectivity index (χ0n) is 13.6. The maximum atomic E-state index is 12.5. The zero-order chi connectivity index (χ0) is 17.3. The molecule has 0 radical (unpaired) electrons. The van der Waals surface area contributed by atoms with Gasteiger partial charge in [-0.2, -0.15) is 5.10 Å². The molecule has 0 unspecified atom stereocenters. The van der Waals surface area contributed by atoms with Crippen LogP contribution in [0.25, 0.3) is 5.69 Å². The summed E-state index contributed by atoms with van der Waals surface area (Å²) in [5, 5.41) is 4.12. The minimum absolute atomic E-state index is 0.0471. The van der Waals surface area contributed by atoms with Crippen molar-refractivity contribution in [3.8, 4) is 5.69 Å². The molecule has 7 nitrogen and oxygen atoms in total. The monoisotopic (exact) mass is 343 g/mol. The van der Waals surface area contributed by atoms with Crippen LogP contribution in [-0.4, -0.2) is 28.2 Å². The van der Waals surface area contributed by atoms with Crippen molar-refractivity contribution in [3.05, 3.63) is 59.7 Å². The van der Waals surface area contributed by atoms with Gasteiger partial charge >= 0.3 is 0 Å². The number of aromatic nitrogens is 4. The summed E-state index contributed by atoms with van der Waals surface area (Å²) in [4.78, 5) is 8.23. The average molecular weight is 343 g/mol. The number of nitrogens with one attached hydrogen (secondary N) is 1. The van der Waals surface area contributed by atoms with Crippen LogP contribution in [0.5, 0.6) is 0 Å². The molecule has 0 saturated heterocycles. The Morgan fingerprint density at radius 3 is 2.25 bits per heavy atom. The van der Waals surface area contributed by atoms with Gasteiger partial charge in [-0.05, 0) is 39.0 Å². The Labute approximate surface area is 140 Å². The third kappa shape index (κ3) is 3.43. The maximum Gasteiger partial charge on any atom is 0.267 e. The summed E-state index contributed by atoms with van der Waals surface area (Å²) in [7, 11) is -3.80. The molecule has 2 heterocycles. The highest BCUT2D eigenvalue weighted by molar-refractivity contribution is 7.92. The van der Waals surface area contributed by atoms with Crippen LogP contribution in [0, 0.1) is 20.8 Å². The molecule has 8 heteroatoms. The number of nitrogens with zero attached hydrogens (tertiary/aromatic N) is 4. The molecular weight excluding hydrogens is 326 g/mol. The van der Waals surface area contributed by atoms with Crippen LogP contribution in [0.2, 0.25) is 0 Å². The zero-order valence-corrected chi connectivity index (χ0v) is 14.4. The van der Waals surface area contributed by atoms with Crippen LogP contribution in [-0.2, 0) is 10.0 Å². The molecule has 0 amide bonds. The van der Waals surface area contributed by atoms with E-state index in [4.69, 9.17) is 0 Å². The lowest BCUT2D eigenvalue weighted by Gasteiger charge is -2.06. The Morgan fingerprint density at radius 2 is 1.62 bits per heavy atom. The molecule has 0 spiro atoms. The molecule has 0 bridgehead atoms. The fourth-order valence-corrected chi connectivity index (χ4v) is 3.11. The Balaban J connectivity index is 1.89. The molecule has 1 aromatic carbocycles. The van der Waals surface area contributed by atoms with Gasteiger partial charge in [0.05, 0.1) is 18.1 Å². The number of rotatable bonds is 4. The van der Waals surface area contributed by atoms with Gasteiger partial charge in [0.25, 0.3) is 10.0 Å². The Hall–Kier alpha value is -2.74. The number of anilines is 1. The summed E-state index contributed by atoms with van der Waals surface area (Å²) in [5.74, 6) is 0.0515. The van der Waals surface area contributed by atoms with Gasteiger partial charge in [0, 0.05) is 11.4 Å². The highest BCUT2D eigenvalue weighted by Crippen LogP contribution is 2.16. The first-order chi connectivity index (χ1) is 11.3. The molecule has 0 aliphatic heterocycles. The number of benzene rings is 1. The number of aryl methyl sites for hydroxylation is 3. The molecule has 0 atom stereocenters. The normalized spacial score (nSPS) is 11.5. The van der Waals surface area contributed by atoms with Crippen molar-refractivity contribution in [2.24, 2.45) is 0 Å². The standard InChI is InChI=1S/C16H17N5O2S/c1-11-4-6-14(7-5-11)21-10-15(9-17-21)24(22,23)20-16-18-12(2)8-13(3)19-16/h4-10H,1-3H3,(H,18,19,20). The first-order valence-electron chi connectivity index (χ1n) is 7.30. The lowest BCUT2D eigenvalue weighted by molar-refractivity contribution is 0.600. The van der Waals surface area contributed by atoms with Crippen LogP contribution in [0.1, 0.15) is 17.0 Å². The van der Waals surface area contributed by atoms with E-state index in [1.807, 2.05) is 31.2 Å². The van der Waals surface area contributed by atoms with Gasteiger partial charge in [0.15, 0.2) is 0 Å². The fourth-order valence-electron chi connectivity index (χ4n) is 2.23. The lowest BCUT2D eigenvalue weighted by Crippen LogP contribution is -2.15. The number of sulfonamides is 1. The van der Waals surface area contributed by atoms with Crippen LogP contribution in [0.15, 0.2) is 47.6 Å². The van der Waals surface area contributed by atoms with Crippen LogP contribution < -0.4 is 4.72 Å². The molecule has 3 rings (SSSR count). The van der Waals surface area contributed by atoms with Crippen LogP contribution >= 0.6 is 0 Å². The largest absolute Gasteiger partial charge is 0.267 e. The van der Waals surface area contributed by atoms with Gasteiger partial charge in [-0.25, -0.2) is 27.8 Å². The summed E-state index contributed by atoms with van der Waals surface area (Å²) >= 11 is 0. The second-order valence-electron chi connectivity index (χ2n) is 5.54. The second-order valence-corrected chi connectivity index (χ2v) is 7.22. The average Bonchev–Trinajstić information content (AvgIpc) is 2.97. The van der Waals surface area contributed by atoms with Gasteiger partial charge in [0.1, 0.15) is 4.90 Å². The van der Waals surface area contributed by atoms with Gasteiger partial charge in [0.2, 0.25) is 5.95 Å². The molecule has 24 heavy (non-hydrogen) atoms. The molecule has 124 valence electrons. The number of hydrogen-bond donors (Lipinski definition) is 1. The quantitative estimate of drug-likeness (QED) is 0.785. The van der Waals surface area contributed by atoms with E-state index in [0.29, 0.717) is 11.4 Å². The third-order valence-electron chi connectivity index (χ3n) is 3.38. The Bertz CT molecular complexity index is 958. The molecule has 0 aliphatic carbocycles. The highest BCUT2D eigenvalue weighted by atomic mass is 32.2. The topological polar surface area (TPSA) is 89.8 Å². The molecule has 1 N–H and O–H groups in total. The summed E-state index contributed by atoms with van der Waals surface area (Å²) in [6.45, 7) is 5.54. The molecule has 3 aromatic rings. The van der Waals surface area contributed by atoms with E-state index in [-0.39, 0.29) is 10.8 Å². The molecule has 0 aliphatic rings.